The van der Waals surface area contributed by atoms with Gasteiger partial charge in [0.1, 0.15) is 5.82 Å². The van der Waals surface area contributed by atoms with Crippen molar-refractivity contribution in [3.05, 3.63) is 29.1 Å². The number of imidazole rings is 1. The van der Waals surface area contributed by atoms with E-state index in [9.17, 15) is 0 Å². The van der Waals surface area contributed by atoms with Crippen molar-refractivity contribution < 1.29 is 0 Å². The van der Waals surface area contributed by atoms with Gasteiger partial charge in [-0.2, -0.15) is 0 Å². The number of aromatic nitrogens is 2. The minimum Gasteiger partial charge on any atom is -0.342 e. The molecule has 0 bridgehead atoms. The molecule has 0 spiro atoms. The number of aromatic amines is 1. The summed E-state index contributed by atoms with van der Waals surface area (Å²) in [5.41, 5.74) is 4.91. The van der Waals surface area contributed by atoms with E-state index in [0.717, 1.165) is 23.7 Å². The summed E-state index contributed by atoms with van der Waals surface area (Å²) < 4.78 is 0. The van der Waals surface area contributed by atoms with Crippen molar-refractivity contribution in [1.82, 2.24) is 15.3 Å². The molecule has 102 valence electrons. The average Bonchev–Trinajstić information content (AvgIpc) is 2.81. The molecule has 1 aliphatic heterocycles. The summed E-state index contributed by atoms with van der Waals surface area (Å²) in [6.45, 7) is 6.66. The lowest BCUT2D eigenvalue weighted by Crippen LogP contribution is -2.29. The van der Waals surface area contributed by atoms with Crippen molar-refractivity contribution in [1.29, 1.82) is 0 Å². The van der Waals surface area contributed by atoms with Gasteiger partial charge in [0.15, 0.2) is 0 Å². The second-order valence-electron chi connectivity index (χ2n) is 5.91. The second kappa shape index (κ2) is 5.33. The summed E-state index contributed by atoms with van der Waals surface area (Å²) in [5, 5.41) is 3.48. The highest BCUT2D eigenvalue weighted by molar-refractivity contribution is 5.79. The van der Waals surface area contributed by atoms with Gasteiger partial charge in [0.05, 0.1) is 11.0 Å². The first-order valence-electron chi connectivity index (χ1n) is 7.39. The van der Waals surface area contributed by atoms with Gasteiger partial charge in [0.25, 0.3) is 0 Å². The topological polar surface area (TPSA) is 40.7 Å². The van der Waals surface area contributed by atoms with Crippen LogP contribution in [-0.2, 0) is 6.42 Å². The highest BCUT2D eigenvalue weighted by atomic mass is 14.9. The van der Waals surface area contributed by atoms with E-state index in [1.165, 1.54) is 49.0 Å². The Bertz CT molecular complexity index is 565. The fourth-order valence-corrected chi connectivity index (χ4v) is 3.15. The molecule has 0 radical (unpaired) electrons. The van der Waals surface area contributed by atoms with E-state index in [4.69, 9.17) is 4.98 Å². The molecule has 0 saturated carbocycles. The molecule has 1 aliphatic rings. The molecule has 1 atom stereocenters. The molecule has 3 nitrogen and oxygen atoms in total. The zero-order valence-electron chi connectivity index (χ0n) is 11.9. The van der Waals surface area contributed by atoms with E-state index in [1.807, 2.05) is 0 Å². The zero-order valence-corrected chi connectivity index (χ0v) is 11.9. The monoisotopic (exact) mass is 257 g/mol. The smallest absolute Gasteiger partial charge is 0.107 e. The summed E-state index contributed by atoms with van der Waals surface area (Å²) >= 11 is 0. The summed E-state index contributed by atoms with van der Waals surface area (Å²) in [6, 6.07) is 4.40. The fourth-order valence-electron chi connectivity index (χ4n) is 3.15. The molecular weight excluding hydrogens is 234 g/mol. The van der Waals surface area contributed by atoms with Crippen LogP contribution in [0.25, 0.3) is 11.0 Å². The molecule has 1 saturated heterocycles. The number of piperidine rings is 1. The number of aryl methyl sites for hydroxylation is 3. The van der Waals surface area contributed by atoms with Crippen molar-refractivity contribution in [2.45, 2.75) is 39.5 Å². The Hall–Kier alpha value is -1.35. The first-order valence-corrected chi connectivity index (χ1v) is 7.39. The molecule has 1 fully saturated rings. The maximum Gasteiger partial charge on any atom is 0.107 e. The lowest BCUT2D eigenvalue weighted by molar-refractivity contribution is 0.356. The molecule has 19 heavy (non-hydrogen) atoms. The van der Waals surface area contributed by atoms with Crippen LogP contribution in [0.15, 0.2) is 12.1 Å². The van der Waals surface area contributed by atoms with Gasteiger partial charge in [-0.3, -0.25) is 0 Å². The fraction of sp³-hybridized carbons (Fsp3) is 0.562. The first-order chi connectivity index (χ1) is 9.22. The Labute approximate surface area is 114 Å². The number of hydrogen-bond acceptors (Lipinski definition) is 2. The van der Waals surface area contributed by atoms with Crippen molar-refractivity contribution in [3.8, 4) is 0 Å². The molecule has 0 amide bonds. The molecule has 2 heterocycles. The minimum atomic E-state index is 0.824. The normalized spacial score (nSPS) is 20.0. The predicted octanol–water partition coefficient (Wildman–Crippen LogP) is 3.11. The second-order valence-corrected chi connectivity index (χ2v) is 5.91. The largest absolute Gasteiger partial charge is 0.342 e. The van der Waals surface area contributed by atoms with Gasteiger partial charge in [-0.05, 0) is 69.3 Å². The summed E-state index contributed by atoms with van der Waals surface area (Å²) in [6.07, 6.45) is 5.00. The van der Waals surface area contributed by atoms with Crippen LogP contribution in [0.2, 0.25) is 0 Å². The van der Waals surface area contributed by atoms with Gasteiger partial charge < -0.3 is 10.3 Å². The van der Waals surface area contributed by atoms with Crippen LogP contribution in [-0.4, -0.2) is 23.1 Å². The van der Waals surface area contributed by atoms with Crippen LogP contribution in [0.4, 0.5) is 0 Å². The number of nitrogens with zero attached hydrogens (tertiary/aromatic N) is 1. The van der Waals surface area contributed by atoms with Crippen molar-refractivity contribution in [2.24, 2.45) is 5.92 Å². The van der Waals surface area contributed by atoms with Crippen molar-refractivity contribution in [2.75, 3.05) is 13.1 Å². The van der Waals surface area contributed by atoms with Gasteiger partial charge in [0, 0.05) is 6.42 Å². The molecular formula is C16H23N3. The highest BCUT2D eigenvalue weighted by Gasteiger charge is 2.14. The van der Waals surface area contributed by atoms with E-state index in [-0.39, 0.29) is 0 Å². The Morgan fingerprint density at radius 3 is 3.00 bits per heavy atom. The maximum atomic E-state index is 4.76. The van der Waals surface area contributed by atoms with Gasteiger partial charge in [-0.15, -0.1) is 0 Å². The molecule has 1 unspecified atom stereocenters. The van der Waals surface area contributed by atoms with Crippen LogP contribution in [0, 0.1) is 19.8 Å². The van der Waals surface area contributed by atoms with E-state index >= 15 is 0 Å². The Kier molecular flexibility index (Phi) is 3.56. The number of fused-ring (bicyclic) bond motifs is 1. The van der Waals surface area contributed by atoms with E-state index < -0.39 is 0 Å². The Balaban J connectivity index is 1.72. The van der Waals surface area contributed by atoms with E-state index in [1.54, 1.807) is 0 Å². The number of hydrogen-bond donors (Lipinski definition) is 2. The lowest BCUT2D eigenvalue weighted by atomic mass is 9.95. The van der Waals surface area contributed by atoms with Crippen LogP contribution < -0.4 is 5.32 Å². The molecule has 2 aromatic rings. The summed E-state index contributed by atoms with van der Waals surface area (Å²) in [4.78, 5) is 8.25. The number of H-pyrrole nitrogens is 1. The maximum absolute atomic E-state index is 4.76. The number of rotatable bonds is 3. The summed E-state index contributed by atoms with van der Waals surface area (Å²) in [7, 11) is 0. The first kappa shape index (κ1) is 12.7. The van der Waals surface area contributed by atoms with Crippen LogP contribution in [0.3, 0.4) is 0 Å². The van der Waals surface area contributed by atoms with Gasteiger partial charge in [-0.1, -0.05) is 6.07 Å². The molecule has 0 aliphatic carbocycles. The van der Waals surface area contributed by atoms with Crippen LogP contribution in [0.5, 0.6) is 0 Å². The standard InChI is InChI=1S/C16H23N3/c1-11-8-12(2)16-14(9-11)18-15(19-16)6-5-13-4-3-7-17-10-13/h8-9,13,17H,3-7,10H2,1-2H3,(H,18,19). The third kappa shape index (κ3) is 2.81. The molecule has 1 aromatic carbocycles. The Morgan fingerprint density at radius 2 is 2.21 bits per heavy atom. The third-order valence-corrected chi connectivity index (χ3v) is 4.16. The zero-order chi connectivity index (χ0) is 13.2. The van der Waals surface area contributed by atoms with Gasteiger partial charge >= 0.3 is 0 Å². The molecule has 3 heteroatoms. The SMILES string of the molecule is Cc1cc(C)c2nc(CCC3CCCNC3)[nH]c2c1. The summed E-state index contributed by atoms with van der Waals surface area (Å²) in [5.74, 6) is 1.97. The minimum absolute atomic E-state index is 0.824. The Morgan fingerprint density at radius 1 is 1.32 bits per heavy atom. The molecule has 2 N–H and O–H groups in total. The average molecular weight is 257 g/mol. The van der Waals surface area contributed by atoms with Crippen molar-refractivity contribution in [3.63, 3.8) is 0 Å². The molecule has 3 rings (SSSR count). The lowest BCUT2D eigenvalue weighted by Gasteiger charge is -2.22. The van der Waals surface area contributed by atoms with Crippen molar-refractivity contribution >= 4 is 11.0 Å². The van der Waals surface area contributed by atoms with Crippen LogP contribution in [0.1, 0.15) is 36.2 Å². The van der Waals surface area contributed by atoms with Gasteiger partial charge in [0.2, 0.25) is 0 Å². The highest BCUT2D eigenvalue weighted by Crippen LogP contribution is 2.21. The molecule has 1 aromatic heterocycles. The van der Waals surface area contributed by atoms with Crippen LogP contribution >= 0.6 is 0 Å². The number of nitrogens with one attached hydrogen (secondary N) is 2. The number of benzene rings is 1. The van der Waals surface area contributed by atoms with E-state index in [2.05, 4.69) is 36.3 Å². The van der Waals surface area contributed by atoms with Gasteiger partial charge in [-0.25, -0.2) is 4.98 Å². The quantitative estimate of drug-likeness (QED) is 0.887. The third-order valence-electron chi connectivity index (χ3n) is 4.16. The van der Waals surface area contributed by atoms with E-state index in [0.29, 0.717) is 0 Å². The predicted molar refractivity (Wildman–Crippen MR) is 79.5 cm³/mol.